The number of carboxylic acid groups (broad SMARTS) is 1. The number of carbonyl (C=O) groups is 2. The number of rotatable bonds is 4. The molecule has 2 rings (SSSR count). The van der Waals surface area contributed by atoms with E-state index in [1.807, 2.05) is 0 Å². The Balaban J connectivity index is 2.02. The molecule has 2 amide bonds. The summed E-state index contributed by atoms with van der Waals surface area (Å²) in [5.41, 5.74) is -1.95. The zero-order chi connectivity index (χ0) is 19.8. The molecule has 5 nitrogen and oxygen atoms in total. The highest BCUT2D eigenvalue weighted by Crippen LogP contribution is 2.33. The smallest absolute Gasteiger partial charge is 0.416 e. The second-order valence-corrected chi connectivity index (χ2v) is 7.66. The number of amides is 2. The SMILES string of the molecule is CC1(C(=O)O)CCN(C(=O)NCC(C)(C)c2cccc(C(F)(F)F)c2)C1. The van der Waals surface area contributed by atoms with Gasteiger partial charge in [0, 0.05) is 25.0 Å². The van der Waals surface area contributed by atoms with E-state index in [9.17, 15) is 27.9 Å². The van der Waals surface area contributed by atoms with Crippen LogP contribution in [0.4, 0.5) is 18.0 Å². The monoisotopic (exact) mass is 372 g/mol. The van der Waals surface area contributed by atoms with Crippen LogP contribution < -0.4 is 5.32 Å². The van der Waals surface area contributed by atoms with Gasteiger partial charge >= 0.3 is 18.2 Å². The van der Waals surface area contributed by atoms with Gasteiger partial charge in [-0.2, -0.15) is 13.2 Å². The van der Waals surface area contributed by atoms with E-state index in [1.165, 1.54) is 11.0 Å². The molecular weight excluding hydrogens is 349 g/mol. The molecule has 144 valence electrons. The van der Waals surface area contributed by atoms with Crippen molar-refractivity contribution in [2.75, 3.05) is 19.6 Å². The Morgan fingerprint density at radius 1 is 1.27 bits per heavy atom. The summed E-state index contributed by atoms with van der Waals surface area (Å²) in [6.07, 6.45) is -4.06. The van der Waals surface area contributed by atoms with Gasteiger partial charge in [-0.15, -0.1) is 0 Å². The minimum Gasteiger partial charge on any atom is -0.481 e. The van der Waals surface area contributed by atoms with Crippen LogP contribution in [0, 0.1) is 5.41 Å². The first-order valence-corrected chi connectivity index (χ1v) is 8.29. The van der Waals surface area contributed by atoms with E-state index < -0.39 is 34.6 Å². The van der Waals surface area contributed by atoms with Crippen molar-refractivity contribution in [3.63, 3.8) is 0 Å². The predicted octanol–water partition coefficient (Wildman–Crippen LogP) is 3.49. The molecule has 0 bridgehead atoms. The van der Waals surface area contributed by atoms with Gasteiger partial charge in [-0.05, 0) is 25.0 Å². The maximum atomic E-state index is 12.9. The molecule has 1 heterocycles. The van der Waals surface area contributed by atoms with Crippen molar-refractivity contribution in [2.24, 2.45) is 5.41 Å². The molecule has 26 heavy (non-hydrogen) atoms. The summed E-state index contributed by atoms with van der Waals surface area (Å²) in [5, 5.41) is 11.9. The zero-order valence-electron chi connectivity index (χ0n) is 15.0. The van der Waals surface area contributed by atoms with E-state index in [0.29, 0.717) is 18.5 Å². The predicted molar refractivity (Wildman–Crippen MR) is 89.8 cm³/mol. The number of likely N-dealkylation sites (tertiary alicyclic amines) is 1. The summed E-state index contributed by atoms with van der Waals surface area (Å²) >= 11 is 0. The summed E-state index contributed by atoms with van der Waals surface area (Å²) in [6, 6.07) is 4.63. The summed E-state index contributed by atoms with van der Waals surface area (Å²) in [7, 11) is 0. The lowest BCUT2D eigenvalue weighted by Gasteiger charge is -2.28. The molecule has 0 radical (unpaired) electrons. The lowest BCUT2D eigenvalue weighted by Crippen LogP contribution is -2.45. The van der Waals surface area contributed by atoms with E-state index in [4.69, 9.17) is 0 Å². The molecule has 1 aliphatic heterocycles. The molecule has 1 aliphatic rings. The largest absolute Gasteiger partial charge is 0.481 e. The molecule has 0 saturated carbocycles. The van der Waals surface area contributed by atoms with Gasteiger partial charge in [0.05, 0.1) is 11.0 Å². The number of aliphatic carboxylic acids is 1. The van der Waals surface area contributed by atoms with Gasteiger partial charge in [-0.1, -0.05) is 32.0 Å². The maximum absolute atomic E-state index is 12.9. The molecule has 1 unspecified atom stereocenters. The Morgan fingerprint density at radius 2 is 1.88 bits per heavy atom. The summed E-state index contributed by atoms with van der Waals surface area (Å²) < 4.78 is 38.7. The van der Waals surface area contributed by atoms with Crippen molar-refractivity contribution >= 4 is 12.0 Å². The van der Waals surface area contributed by atoms with Crippen LogP contribution >= 0.6 is 0 Å². The van der Waals surface area contributed by atoms with Crippen LogP contribution in [0.5, 0.6) is 0 Å². The van der Waals surface area contributed by atoms with Gasteiger partial charge in [-0.3, -0.25) is 4.79 Å². The van der Waals surface area contributed by atoms with E-state index in [-0.39, 0.29) is 13.1 Å². The van der Waals surface area contributed by atoms with Crippen LogP contribution in [0.15, 0.2) is 24.3 Å². The van der Waals surface area contributed by atoms with E-state index in [2.05, 4.69) is 5.32 Å². The minimum atomic E-state index is -4.42. The Hall–Kier alpha value is -2.25. The molecule has 0 aliphatic carbocycles. The van der Waals surface area contributed by atoms with Crippen LogP contribution in [0.2, 0.25) is 0 Å². The van der Waals surface area contributed by atoms with Gasteiger partial charge in [0.2, 0.25) is 0 Å². The van der Waals surface area contributed by atoms with Crippen molar-refractivity contribution in [3.05, 3.63) is 35.4 Å². The van der Waals surface area contributed by atoms with Crippen molar-refractivity contribution in [3.8, 4) is 0 Å². The first kappa shape index (κ1) is 20.1. The molecule has 1 aromatic carbocycles. The quantitative estimate of drug-likeness (QED) is 0.850. The van der Waals surface area contributed by atoms with Gasteiger partial charge in [0.1, 0.15) is 0 Å². The minimum absolute atomic E-state index is 0.109. The molecule has 8 heteroatoms. The topological polar surface area (TPSA) is 69.6 Å². The van der Waals surface area contributed by atoms with Crippen LogP contribution in [-0.4, -0.2) is 41.6 Å². The van der Waals surface area contributed by atoms with Gasteiger partial charge < -0.3 is 15.3 Å². The second kappa shape index (κ2) is 6.81. The third-order valence-electron chi connectivity index (χ3n) is 4.93. The van der Waals surface area contributed by atoms with Gasteiger partial charge in [-0.25, -0.2) is 4.79 Å². The fourth-order valence-electron chi connectivity index (χ4n) is 2.94. The van der Waals surface area contributed by atoms with Crippen LogP contribution in [0.25, 0.3) is 0 Å². The van der Waals surface area contributed by atoms with E-state index >= 15 is 0 Å². The van der Waals surface area contributed by atoms with Gasteiger partial charge in [0.25, 0.3) is 0 Å². The number of halogens is 3. The number of benzene rings is 1. The Kier molecular flexibility index (Phi) is 5.26. The molecule has 1 aromatic rings. The molecule has 0 spiro atoms. The first-order chi connectivity index (χ1) is 11.8. The standard InChI is InChI=1S/C18H23F3N2O3/c1-16(2,12-5-4-6-13(9-12)18(19,20)21)10-22-15(26)23-8-7-17(3,11-23)14(24)25/h4-6,9H,7-8,10-11H2,1-3H3,(H,22,26)(H,24,25). The number of nitrogens with zero attached hydrogens (tertiary/aromatic N) is 1. The lowest BCUT2D eigenvalue weighted by molar-refractivity contribution is -0.147. The molecule has 1 fully saturated rings. The normalized spacial score (nSPS) is 20.9. The van der Waals surface area contributed by atoms with Crippen molar-refractivity contribution < 1.29 is 27.9 Å². The molecule has 2 N–H and O–H groups in total. The molecular formula is C18H23F3N2O3. The average molecular weight is 372 g/mol. The fourth-order valence-corrected chi connectivity index (χ4v) is 2.94. The molecule has 1 saturated heterocycles. The third-order valence-corrected chi connectivity index (χ3v) is 4.93. The first-order valence-electron chi connectivity index (χ1n) is 8.29. The number of urea groups is 1. The molecule has 1 atom stereocenters. The van der Waals surface area contributed by atoms with E-state index in [0.717, 1.165) is 12.1 Å². The highest BCUT2D eigenvalue weighted by atomic mass is 19.4. The zero-order valence-corrected chi connectivity index (χ0v) is 15.0. The number of hydrogen-bond acceptors (Lipinski definition) is 2. The summed E-state index contributed by atoms with van der Waals surface area (Å²) in [5.74, 6) is -0.947. The average Bonchev–Trinajstić information content (AvgIpc) is 2.96. The molecule has 0 aromatic heterocycles. The Morgan fingerprint density at radius 3 is 2.42 bits per heavy atom. The van der Waals surface area contributed by atoms with Crippen LogP contribution in [0.3, 0.4) is 0 Å². The van der Waals surface area contributed by atoms with E-state index in [1.54, 1.807) is 26.8 Å². The van der Waals surface area contributed by atoms with Gasteiger partial charge in [0.15, 0.2) is 0 Å². The number of alkyl halides is 3. The lowest BCUT2D eigenvalue weighted by atomic mass is 9.84. The summed E-state index contributed by atoms with van der Waals surface area (Å²) in [4.78, 5) is 25.0. The maximum Gasteiger partial charge on any atom is 0.416 e. The Bertz CT molecular complexity index is 703. The van der Waals surface area contributed by atoms with Crippen molar-refractivity contribution in [2.45, 2.75) is 38.8 Å². The highest BCUT2D eigenvalue weighted by molar-refractivity contribution is 5.79. The Labute approximate surface area is 150 Å². The van der Waals surface area contributed by atoms with Crippen molar-refractivity contribution in [1.29, 1.82) is 0 Å². The third kappa shape index (κ3) is 4.28. The number of nitrogens with one attached hydrogen (secondary N) is 1. The second-order valence-electron chi connectivity index (χ2n) is 7.66. The number of carboxylic acids is 1. The number of hydrogen-bond donors (Lipinski definition) is 2. The fraction of sp³-hybridized carbons (Fsp3) is 0.556. The number of carbonyl (C=O) groups excluding carboxylic acids is 1. The summed E-state index contributed by atoms with van der Waals surface area (Å²) in [6.45, 7) is 5.65. The van der Waals surface area contributed by atoms with Crippen LogP contribution in [-0.2, 0) is 16.4 Å². The van der Waals surface area contributed by atoms with Crippen LogP contribution in [0.1, 0.15) is 38.3 Å². The van der Waals surface area contributed by atoms with Crippen molar-refractivity contribution in [1.82, 2.24) is 10.2 Å². The highest BCUT2D eigenvalue weighted by Gasteiger charge is 2.42.